The maximum absolute atomic E-state index is 13.4. The summed E-state index contributed by atoms with van der Waals surface area (Å²) in [6, 6.07) is 5.05. The molecule has 8 heteroatoms. The molecule has 6 nitrogen and oxygen atoms in total. The van der Waals surface area contributed by atoms with Crippen LogP contribution in [-0.4, -0.2) is 47.6 Å². The average molecular weight is 380 g/mol. The van der Waals surface area contributed by atoms with Crippen LogP contribution in [0.25, 0.3) is 0 Å². The molecular formula is C18H21FN2O4S. The molecule has 3 heterocycles. The van der Waals surface area contributed by atoms with E-state index in [2.05, 4.69) is 0 Å². The van der Waals surface area contributed by atoms with Crippen LogP contribution < -0.4 is 0 Å². The molecule has 4 rings (SSSR count). The van der Waals surface area contributed by atoms with Crippen molar-refractivity contribution in [3.63, 3.8) is 0 Å². The van der Waals surface area contributed by atoms with E-state index in [1.807, 2.05) is 0 Å². The molecule has 3 aliphatic rings. The smallest absolute Gasteiger partial charge is 0.229 e. The van der Waals surface area contributed by atoms with Crippen LogP contribution >= 0.6 is 0 Å². The van der Waals surface area contributed by atoms with Gasteiger partial charge in [-0.2, -0.15) is 4.31 Å². The Hall–Kier alpha value is -1.80. The highest BCUT2D eigenvalue weighted by atomic mass is 32.2. The first-order chi connectivity index (χ1) is 12.3. The van der Waals surface area contributed by atoms with Crippen LogP contribution in [0.5, 0.6) is 0 Å². The summed E-state index contributed by atoms with van der Waals surface area (Å²) in [5.41, 5.74) is 0.427. The van der Waals surface area contributed by atoms with Crippen molar-refractivity contribution in [1.29, 1.82) is 0 Å². The van der Waals surface area contributed by atoms with E-state index in [0.717, 1.165) is 12.8 Å². The average Bonchev–Trinajstić information content (AvgIpc) is 3.04. The lowest BCUT2D eigenvalue weighted by Crippen LogP contribution is -2.53. The number of rotatable bonds is 4. The number of sulfonamides is 1. The van der Waals surface area contributed by atoms with Gasteiger partial charge in [0.2, 0.25) is 21.8 Å². The summed E-state index contributed by atoms with van der Waals surface area (Å²) in [5.74, 6) is -0.972. The van der Waals surface area contributed by atoms with Gasteiger partial charge in [0.1, 0.15) is 5.82 Å². The van der Waals surface area contributed by atoms with Gasteiger partial charge in [-0.3, -0.25) is 14.5 Å². The highest BCUT2D eigenvalue weighted by Crippen LogP contribution is 2.41. The van der Waals surface area contributed by atoms with Crippen molar-refractivity contribution in [3.05, 3.63) is 35.6 Å². The van der Waals surface area contributed by atoms with Crippen LogP contribution in [0.2, 0.25) is 0 Å². The van der Waals surface area contributed by atoms with Crippen molar-refractivity contribution < 1.29 is 22.4 Å². The number of likely N-dealkylation sites (tertiary alicyclic amines) is 1. The van der Waals surface area contributed by atoms with Gasteiger partial charge in [0.25, 0.3) is 0 Å². The Morgan fingerprint density at radius 1 is 1.00 bits per heavy atom. The van der Waals surface area contributed by atoms with Crippen molar-refractivity contribution in [2.45, 2.75) is 62.4 Å². The SMILES string of the molecule is O=C1CCC(=O)N1C1CC2CCC(C1)N2S(=O)(=O)Cc1cccc(F)c1. The van der Waals surface area contributed by atoms with Crippen LogP contribution in [0.1, 0.15) is 44.1 Å². The number of imide groups is 1. The Labute approximate surface area is 152 Å². The predicted octanol–water partition coefficient (Wildman–Crippen LogP) is 1.80. The Bertz CT molecular complexity index is 827. The summed E-state index contributed by atoms with van der Waals surface area (Å²) in [4.78, 5) is 25.4. The monoisotopic (exact) mass is 380 g/mol. The number of hydrogen-bond acceptors (Lipinski definition) is 4. The molecule has 3 aliphatic heterocycles. The maximum Gasteiger partial charge on any atom is 0.229 e. The van der Waals surface area contributed by atoms with E-state index in [0.29, 0.717) is 18.4 Å². The van der Waals surface area contributed by atoms with Crippen LogP contribution in [-0.2, 0) is 25.4 Å². The third-order valence-electron chi connectivity index (χ3n) is 5.66. The molecule has 1 aromatic rings. The Kier molecular flexibility index (Phi) is 4.35. The van der Waals surface area contributed by atoms with Crippen molar-refractivity contribution in [2.75, 3.05) is 0 Å². The Balaban J connectivity index is 1.52. The first kappa shape index (κ1) is 17.6. The van der Waals surface area contributed by atoms with Crippen molar-refractivity contribution >= 4 is 21.8 Å². The lowest BCUT2D eigenvalue weighted by molar-refractivity contribution is -0.142. The van der Waals surface area contributed by atoms with Gasteiger partial charge in [0.05, 0.1) is 5.75 Å². The fourth-order valence-corrected chi connectivity index (χ4v) is 6.72. The zero-order valence-electron chi connectivity index (χ0n) is 14.3. The third kappa shape index (κ3) is 3.05. The van der Waals surface area contributed by atoms with Gasteiger partial charge in [0.15, 0.2) is 0 Å². The van der Waals surface area contributed by atoms with Crippen LogP contribution in [0.15, 0.2) is 24.3 Å². The quantitative estimate of drug-likeness (QED) is 0.747. The number of piperidine rings is 1. The van der Waals surface area contributed by atoms with Gasteiger partial charge in [-0.1, -0.05) is 12.1 Å². The molecule has 2 atom stereocenters. The topological polar surface area (TPSA) is 74.8 Å². The molecule has 3 fully saturated rings. The van der Waals surface area contributed by atoms with Crippen molar-refractivity contribution in [2.24, 2.45) is 0 Å². The molecule has 0 N–H and O–H groups in total. The van der Waals surface area contributed by atoms with Crippen molar-refractivity contribution in [1.82, 2.24) is 9.21 Å². The van der Waals surface area contributed by atoms with E-state index in [4.69, 9.17) is 0 Å². The molecule has 2 amide bonds. The molecule has 26 heavy (non-hydrogen) atoms. The number of carbonyl (C=O) groups excluding carboxylic acids is 2. The third-order valence-corrected chi connectivity index (χ3v) is 7.59. The predicted molar refractivity (Wildman–Crippen MR) is 91.8 cm³/mol. The summed E-state index contributed by atoms with van der Waals surface area (Å²) in [5, 5.41) is 0. The summed E-state index contributed by atoms with van der Waals surface area (Å²) >= 11 is 0. The number of fused-ring (bicyclic) bond motifs is 2. The van der Waals surface area contributed by atoms with E-state index in [-0.39, 0.29) is 48.5 Å². The van der Waals surface area contributed by atoms with E-state index in [1.54, 1.807) is 10.4 Å². The minimum absolute atomic E-state index is 0.143. The Morgan fingerprint density at radius 3 is 2.19 bits per heavy atom. The second-order valence-electron chi connectivity index (χ2n) is 7.38. The largest absolute Gasteiger partial charge is 0.279 e. The maximum atomic E-state index is 13.4. The zero-order valence-corrected chi connectivity index (χ0v) is 15.1. The van der Waals surface area contributed by atoms with Crippen molar-refractivity contribution in [3.8, 4) is 0 Å². The van der Waals surface area contributed by atoms with E-state index in [9.17, 15) is 22.4 Å². The summed E-state index contributed by atoms with van der Waals surface area (Å²) in [7, 11) is -3.58. The van der Waals surface area contributed by atoms with Crippen LogP contribution in [0.3, 0.4) is 0 Å². The molecule has 2 bridgehead atoms. The molecule has 0 radical (unpaired) electrons. The standard InChI is InChI=1S/C18H21FN2O4S/c19-13-3-1-2-12(8-13)11-26(24,25)21-14-4-5-15(21)10-16(9-14)20-17(22)6-7-18(20)23/h1-3,8,14-16H,4-7,9-11H2. The summed E-state index contributed by atoms with van der Waals surface area (Å²) in [6.45, 7) is 0. The van der Waals surface area contributed by atoms with E-state index in [1.165, 1.54) is 23.1 Å². The lowest BCUT2D eigenvalue weighted by Gasteiger charge is -2.40. The highest BCUT2D eigenvalue weighted by Gasteiger charge is 2.50. The number of halogens is 1. The fraction of sp³-hybridized carbons (Fsp3) is 0.556. The van der Waals surface area contributed by atoms with E-state index >= 15 is 0 Å². The molecule has 140 valence electrons. The number of hydrogen-bond donors (Lipinski definition) is 0. The van der Waals surface area contributed by atoms with Crippen LogP contribution in [0, 0.1) is 5.82 Å². The van der Waals surface area contributed by atoms with Gasteiger partial charge in [0, 0.05) is 31.0 Å². The van der Waals surface area contributed by atoms with Gasteiger partial charge >= 0.3 is 0 Å². The molecule has 0 aromatic heterocycles. The Morgan fingerprint density at radius 2 is 1.62 bits per heavy atom. The summed E-state index contributed by atoms with van der Waals surface area (Å²) in [6.07, 6.45) is 2.98. The fourth-order valence-electron chi connectivity index (χ4n) is 4.68. The molecule has 1 aromatic carbocycles. The molecule has 3 saturated heterocycles. The molecule has 0 saturated carbocycles. The van der Waals surface area contributed by atoms with Gasteiger partial charge in [-0.15, -0.1) is 0 Å². The number of carbonyl (C=O) groups is 2. The van der Waals surface area contributed by atoms with Gasteiger partial charge < -0.3 is 0 Å². The molecule has 0 aliphatic carbocycles. The molecule has 0 spiro atoms. The highest BCUT2D eigenvalue weighted by molar-refractivity contribution is 7.88. The second-order valence-corrected chi connectivity index (χ2v) is 9.26. The first-order valence-corrected chi connectivity index (χ1v) is 10.6. The molecular weight excluding hydrogens is 359 g/mol. The first-order valence-electron chi connectivity index (χ1n) is 8.96. The minimum atomic E-state index is -3.58. The number of nitrogens with zero attached hydrogens (tertiary/aromatic N) is 2. The second kappa shape index (κ2) is 6.42. The minimum Gasteiger partial charge on any atom is -0.279 e. The number of benzene rings is 1. The normalized spacial score (nSPS) is 29.6. The number of amides is 2. The zero-order chi connectivity index (χ0) is 18.5. The summed E-state index contributed by atoms with van der Waals surface area (Å²) < 4.78 is 40.8. The lowest BCUT2D eigenvalue weighted by atomic mass is 9.98. The van der Waals surface area contributed by atoms with Gasteiger partial charge in [-0.25, -0.2) is 12.8 Å². The van der Waals surface area contributed by atoms with Crippen LogP contribution in [0.4, 0.5) is 4.39 Å². The molecule has 2 unspecified atom stereocenters. The van der Waals surface area contributed by atoms with Gasteiger partial charge in [-0.05, 0) is 43.4 Å². The van der Waals surface area contributed by atoms with E-state index < -0.39 is 15.8 Å².